The van der Waals surface area contributed by atoms with Crippen molar-refractivity contribution in [2.24, 2.45) is 0 Å². The molecule has 0 unspecified atom stereocenters. The molecule has 0 aromatic rings. The van der Waals surface area contributed by atoms with E-state index in [0.717, 1.165) is 11.1 Å². The second-order valence-electron chi connectivity index (χ2n) is 2.52. The average molecular weight is 126 g/mol. The number of aliphatic hydroxyl groups is 1. The molecule has 1 N–H and O–H groups in total. The van der Waals surface area contributed by atoms with Gasteiger partial charge in [-0.2, -0.15) is 0 Å². The van der Waals surface area contributed by atoms with Gasteiger partial charge in [0.1, 0.15) is 0 Å². The Morgan fingerprint density at radius 2 is 1.89 bits per heavy atom. The van der Waals surface area contributed by atoms with Gasteiger partial charge in [0.2, 0.25) is 0 Å². The Balaban J connectivity index is 3.63. The molecular formula is C8H14O. The van der Waals surface area contributed by atoms with Gasteiger partial charge in [-0.15, -0.1) is 6.58 Å². The summed E-state index contributed by atoms with van der Waals surface area (Å²) in [5.74, 6) is 0. The van der Waals surface area contributed by atoms with Crippen LogP contribution in [-0.4, -0.2) is 11.2 Å². The van der Waals surface area contributed by atoms with Crippen LogP contribution in [0, 0.1) is 0 Å². The summed E-state index contributed by atoms with van der Waals surface area (Å²) in [5, 5.41) is 9.14. The lowest BCUT2D eigenvalue weighted by Crippen LogP contribution is -2.06. The molecule has 0 fully saturated rings. The number of rotatable bonds is 3. The molecule has 0 rings (SSSR count). The van der Waals surface area contributed by atoms with Crippen LogP contribution in [0.25, 0.3) is 0 Å². The minimum atomic E-state index is -0.400. The summed E-state index contributed by atoms with van der Waals surface area (Å²) in [5.41, 5.74) is 1.79. The highest BCUT2D eigenvalue weighted by atomic mass is 16.3. The summed E-state index contributed by atoms with van der Waals surface area (Å²) in [4.78, 5) is 0. The Hall–Kier alpha value is -0.560. The van der Waals surface area contributed by atoms with E-state index in [-0.39, 0.29) is 0 Å². The third kappa shape index (κ3) is 3.98. The number of aliphatic hydroxyl groups excluding tert-OH is 1. The molecule has 1 atom stereocenters. The highest BCUT2D eigenvalue weighted by Crippen LogP contribution is 2.07. The lowest BCUT2D eigenvalue weighted by Gasteiger charge is -2.08. The van der Waals surface area contributed by atoms with Gasteiger partial charge in [-0.05, 0) is 20.3 Å². The van der Waals surface area contributed by atoms with E-state index in [1.807, 2.05) is 13.8 Å². The van der Waals surface area contributed by atoms with Crippen molar-refractivity contribution in [2.45, 2.75) is 26.4 Å². The first-order valence-corrected chi connectivity index (χ1v) is 3.02. The Labute approximate surface area is 56.7 Å². The highest BCUT2D eigenvalue weighted by Gasteiger charge is 2.02. The van der Waals surface area contributed by atoms with Crippen molar-refractivity contribution in [1.29, 1.82) is 0 Å². The molecule has 0 radical (unpaired) electrons. The Morgan fingerprint density at radius 3 is 2.00 bits per heavy atom. The van der Waals surface area contributed by atoms with Crippen molar-refractivity contribution in [1.82, 2.24) is 0 Å². The first-order valence-electron chi connectivity index (χ1n) is 3.02. The Bertz CT molecular complexity index is 125. The minimum absolute atomic E-state index is 0.400. The predicted octanol–water partition coefficient (Wildman–Crippen LogP) is 1.89. The molecule has 0 saturated heterocycles. The van der Waals surface area contributed by atoms with E-state index in [2.05, 4.69) is 13.2 Å². The zero-order valence-electron chi connectivity index (χ0n) is 6.15. The maximum absolute atomic E-state index is 9.14. The average Bonchev–Trinajstić information content (AvgIpc) is 1.63. The molecule has 0 bridgehead atoms. The molecule has 9 heavy (non-hydrogen) atoms. The fourth-order valence-electron chi connectivity index (χ4n) is 0.504. The van der Waals surface area contributed by atoms with Crippen molar-refractivity contribution in [3.05, 3.63) is 24.3 Å². The first-order chi connectivity index (χ1) is 4.04. The predicted molar refractivity (Wildman–Crippen MR) is 40.3 cm³/mol. The van der Waals surface area contributed by atoms with E-state index < -0.39 is 6.10 Å². The lowest BCUT2D eigenvalue weighted by molar-refractivity contribution is 0.212. The minimum Gasteiger partial charge on any atom is -0.388 e. The largest absolute Gasteiger partial charge is 0.388 e. The van der Waals surface area contributed by atoms with Gasteiger partial charge in [-0.1, -0.05) is 17.7 Å². The van der Waals surface area contributed by atoms with Gasteiger partial charge < -0.3 is 5.11 Å². The molecular weight excluding hydrogens is 112 g/mol. The molecule has 0 aromatic heterocycles. The van der Waals surface area contributed by atoms with Crippen LogP contribution in [0.3, 0.4) is 0 Å². The van der Waals surface area contributed by atoms with E-state index in [1.54, 1.807) is 0 Å². The second-order valence-corrected chi connectivity index (χ2v) is 2.52. The molecule has 1 nitrogen and oxygen atoms in total. The van der Waals surface area contributed by atoms with Crippen molar-refractivity contribution >= 4 is 0 Å². The standard InChI is InChI=1S/C8H14O/c1-6(2)5-8(9)7(3)4/h8-9H,1,3,5H2,2,4H3/t8-/m0/s1. The quantitative estimate of drug-likeness (QED) is 0.572. The topological polar surface area (TPSA) is 20.2 Å². The zero-order valence-corrected chi connectivity index (χ0v) is 6.15. The Morgan fingerprint density at radius 1 is 1.44 bits per heavy atom. The van der Waals surface area contributed by atoms with Crippen LogP contribution in [0.2, 0.25) is 0 Å². The number of hydrogen-bond acceptors (Lipinski definition) is 1. The maximum atomic E-state index is 9.14. The molecule has 0 saturated carbocycles. The fourth-order valence-corrected chi connectivity index (χ4v) is 0.504. The van der Waals surface area contributed by atoms with E-state index in [0.29, 0.717) is 6.42 Å². The summed E-state index contributed by atoms with van der Waals surface area (Å²) < 4.78 is 0. The van der Waals surface area contributed by atoms with Gasteiger partial charge >= 0.3 is 0 Å². The van der Waals surface area contributed by atoms with Crippen molar-refractivity contribution in [3.8, 4) is 0 Å². The molecule has 0 aromatic carbocycles. The molecule has 0 amide bonds. The monoisotopic (exact) mass is 126 g/mol. The van der Waals surface area contributed by atoms with Gasteiger partial charge in [0, 0.05) is 0 Å². The fraction of sp³-hybridized carbons (Fsp3) is 0.500. The molecule has 0 spiro atoms. The third-order valence-electron chi connectivity index (χ3n) is 1.11. The van der Waals surface area contributed by atoms with Crippen LogP contribution >= 0.6 is 0 Å². The van der Waals surface area contributed by atoms with Gasteiger partial charge in [0.25, 0.3) is 0 Å². The maximum Gasteiger partial charge on any atom is 0.0781 e. The van der Waals surface area contributed by atoms with Gasteiger partial charge in [-0.25, -0.2) is 0 Å². The van der Waals surface area contributed by atoms with Crippen LogP contribution in [0.1, 0.15) is 20.3 Å². The SMILES string of the molecule is C=C(C)C[C@H](O)C(=C)C. The van der Waals surface area contributed by atoms with E-state index in [9.17, 15) is 0 Å². The summed E-state index contributed by atoms with van der Waals surface area (Å²) in [6, 6.07) is 0. The van der Waals surface area contributed by atoms with E-state index in [1.165, 1.54) is 0 Å². The zero-order chi connectivity index (χ0) is 7.44. The van der Waals surface area contributed by atoms with Crippen molar-refractivity contribution in [2.75, 3.05) is 0 Å². The van der Waals surface area contributed by atoms with Crippen LogP contribution < -0.4 is 0 Å². The molecule has 1 heteroatoms. The molecule has 0 heterocycles. The summed E-state index contributed by atoms with van der Waals surface area (Å²) in [7, 11) is 0. The molecule has 0 aliphatic heterocycles. The second kappa shape index (κ2) is 3.46. The van der Waals surface area contributed by atoms with Crippen LogP contribution in [-0.2, 0) is 0 Å². The molecule has 0 aliphatic carbocycles. The smallest absolute Gasteiger partial charge is 0.0781 e. The van der Waals surface area contributed by atoms with Crippen LogP contribution in [0.5, 0.6) is 0 Å². The normalized spacial score (nSPS) is 12.8. The van der Waals surface area contributed by atoms with Gasteiger partial charge in [0.15, 0.2) is 0 Å². The third-order valence-corrected chi connectivity index (χ3v) is 1.11. The highest BCUT2D eigenvalue weighted by molar-refractivity contribution is 5.03. The van der Waals surface area contributed by atoms with Crippen LogP contribution in [0.15, 0.2) is 24.3 Å². The van der Waals surface area contributed by atoms with E-state index in [4.69, 9.17) is 5.11 Å². The van der Waals surface area contributed by atoms with Gasteiger partial charge in [-0.3, -0.25) is 0 Å². The van der Waals surface area contributed by atoms with Crippen LogP contribution in [0.4, 0.5) is 0 Å². The lowest BCUT2D eigenvalue weighted by atomic mass is 10.1. The molecule has 52 valence electrons. The first kappa shape index (κ1) is 8.44. The Kier molecular flexibility index (Phi) is 3.25. The number of hydrogen-bond donors (Lipinski definition) is 1. The van der Waals surface area contributed by atoms with Gasteiger partial charge in [0.05, 0.1) is 6.10 Å². The van der Waals surface area contributed by atoms with Crippen molar-refractivity contribution in [3.63, 3.8) is 0 Å². The van der Waals surface area contributed by atoms with E-state index >= 15 is 0 Å². The summed E-state index contributed by atoms with van der Waals surface area (Å²) in [6.07, 6.45) is 0.234. The summed E-state index contributed by atoms with van der Waals surface area (Å²) in [6.45, 7) is 11.0. The summed E-state index contributed by atoms with van der Waals surface area (Å²) >= 11 is 0. The van der Waals surface area contributed by atoms with Crippen molar-refractivity contribution < 1.29 is 5.11 Å². The molecule has 0 aliphatic rings.